The van der Waals surface area contributed by atoms with E-state index in [1.165, 1.54) is 24.3 Å². The molecule has 0 spiro atoms. The predicted octanol–water partition coefficient (Wildman–Crippen LogP) is 5.62. The topological polar surface area (TPSA) is 175 Å². The van der Waals surface area contributed by atoms with Crippen molar-refractivity contribution in [2.45, 2.75) is 133 Å². The Morgan fingerprint density at radius 1 is 0.962 bits per heavy atom. The summed E-state index contributed by atoms with van der Waals surface area (Å²) >= 11 is 3.28. The molecule has 1 aromatic carbocycles. The van der Waals surface area contributed by atoms with E-state index in [2.05, 4.69) is 21.2 Å². The number of fused-ring (bicyclic) bond motifs is 2. The zero-order valence-electron chi connectivity index (χ0n) is 30.8. The first-order valence-electron chi connectivity index (χ1n) is 17.6. The van der Waals surface area contributed by atoms with Crippen LogP contribution in [0.25, 0.3) is 0 Å². The summed E-state index contributed by atoms with van der Waals surface area (Å²) in [7, 11) is -4.39. The second-order valence-electron chi connectivity index (χ2n) is 15.2. The van der Waals surface area contributed by atoms with Crippen molar-refractivity contribution in [3.05, 3.63) is 40.9 Å². The van der Waals surface area contributed by atoms with Crippen molar-refractivity contribution in [2.24, 2.45) is 5.92 Å². The van der Waals surface area contributed by atoms with Crippen molar-refractivity contribution >= 4 is 56.0 Å². The lowest BCUT2D eigenvalue weighted by Gasteiger charge is -2.36. The third-order valence-electron chi connectivity index (χ3n) is 8.73. The molecule has 288 valence electrons. The molecule has 1 N–H and O–H groups in total. The third-order valence-corrected chi connectivity index (χ3v) is 10.6. The molecular weight excluding hydrogens is 762 g/mol. The van der Waals surface area contributed by atoms with E-state index in [0.29, 0.717) is 23.7 Å². The van der Waals surface area contributed by atoms with E-state index in [1.807, 2.05) is 6.08 Å². The highest BCUT2D eigenvalue weighted by Gasteiger charge is 2.69. The number of halogens is 1. The fourth-order valence-corrected chi connectivity index (χ4v) is 7.73. The smallest absolute Gasteiger partial charge is 0.418 e. The largest absolute Gasteiger partial charge is 0.464 e. The fraction of sp³-hybridized carbons (Fsp3) is 0.639. The van der Waals surface area contributed by atoms with E-state index in [-0.39, 0.29) is 37.3 Å². The molecular formula is C36H50BrN3O11S. The Balaban J connectivity index is 1.82. The number of alkyl carbamates (subject to hydrolysis) is 1. The Bertz CT molecular complexity index is 1650. The van der Waals surface area contributed by atoms with Crippen molar-refractivity contribution in [2.75, 3.05) is 13.2 Å². The van der Waals surface area contributed by atoms with E-state index >= 15 is 0 Å². The molecule has 52 heavy (non-hydrogen) atoms. The number of nitrogens with one attached hydrogen (secondary N) is 1. The minimum absolute atomic E-state index is 0.0246. The van der Waals surface area contributed by atoms with E-state index < -0.39 is 80.9 Å². The molecule has 2 heterocycles. The SMILES string of the molecule is CCOC(=O)[C@@]12C[C@H]1/C=C\CCCCC[C@H](NC(=O)OC(C)(C)C)C(=O)N1C[C@@H](OS(=O)(=O)c3ccc(Br)cc3)C[C@H]1C(=O)N2C(=O)OC(C)(C)C. The van der Waals surface area contributed by atoms with Gasteiger partial charge in [-0.25, -0.2) is 19.3 Å². The molecule has 14 nitrogen and oxygen atoms in total. The van der Waals surface area contributed by atoms with Crippen LogP contribution in [0.2, 0.25) is 0 Å². The summed E-state index contributed by atoms with van der Waals surface area (Å²) < 4.78 is 49.6. The van der Waals surface area contributed by atoms with Crippen molar-refractivity contribution in [1.82, 2.24) is 15.1 Å². The van der Waals surface area contributed by atoms with Gasteiger partial charge >= 0.3 is 18.2 Å². The van der Waals surface area contributed by atoms with Crippen LogP contribution >= 0.6 is 15.9 Å². The molecule has 1 saturated carbocycles. The summed E-state index contributed by atoms with van der Waals surface area (Å²) in [6.07, 6.45) is 2.98. The van der Waals surface area contributed by atoms with Crippen molar-refractivity contribution in [3.63, 3.8) is 0 Å². The Labute approximate surface area is 314 Å². The summed E-state index contributed by atoms with van der Waals surface area (Å²) in [6.45, 7) is 11.1. The summed E-state index contributed by atoms with van der Waals surface area (Å²) in [4.78, 5) is 71.9. The Kier molecular flexibility index (Phi) is 12.9. The Morgan fingerprint density at radius 3 is 2.23 bits per heavy atom. The van der Waals surface area contributed by atoms with E-state index in [4.69, 9.17) is 18.4 Å². The summed E-state index contributed by atoms with van der Waals surface area (Å²) in [5.74, 6) is -3.07. The monoisotopic (exact) mass is 811 g/mol. The average Bonchev–Trinajstić information content (AvgIpc) is 3.58. The number of benzene rings is 1. The van der Waals surface area contributed by atoms with Crippen LogP contribution in [0.1, 0.15) is 93.4 Å². The van der Waals surface area contributed by atoms with Crippen molar-refractivity contribution < 1.29 is 50.8 Å². The second kappa shape index (κ2) is 16.3. The summed E-state index contributed by atoms with van der Waals surface area (Å²) in [5.41, 5.74) is -3.72. The Morgan fingerprint density at radius 2 is 1.62 bits per heavy atom. The number of nitrogens with zero attached hydrogens (tertiary/aromatic N) is 2. The molecule has 0 radical (unpaired) electrons. The van der Waals surface area contributed by atoms with E-state index in [0.717, 1.165) is 16.2 Å². The van der Waals surface area contributed by atoms with Crippen LogP contribution in [0.4, 0.5) is 9.59 Å². The van der Waals surface area contributed by atoms with Gasteiger partial charge in [-0.15, -0.1) is 0 Å². The zero-order valence-corrected chi connectivity index (χ0v) is 33.2. The molecule has 0 aromatic heterocycles. The lowest BCUT2D eigenvalue weighted by molar-refractivity contribution is -0.159. The van der Waals surface area contributed by atoms with Crippen molar-refractivity contribution in [1.29, 1.82) is 0 Å². The standard InChI is InChI=1S/C36H50BrN3O11S/c1-8-48-31(43)36-21-23(36)14-12-10-9-11-13-15-27(38-32(44)49-34(2,3)4)29(41)39-22-25(51-52(46,47)26-18-16-24(37)17-19-26)20-28(39)30(42)40(36)33(45)50-35(5,6)7/h12,14,16-19,23,25,27-28H,8-11,13,15,20-22H2,1-7H3,(H,38,44)/b14-12-/t23-,25+,27+,28+,36-/m1/s1. The van der Waals surface area contributed by atoms with Crippen LogP contribution in [-0.2, 0) is 42.9 Å². The van der Waals surface area contributed by atoms with Gasteiger partial charge in [-0.3, -0.25) is 13.8 Å². The van der Waals surface area contributed by atoms with Crippen LogP contribution in [0.5, 0.6) is 0 Å². The number of carbonyl (C=O) groups excluding carboxylic acids is 5. The van der Waals surface area contributed by atoms with Crippen LogP contribution in [0.15, 0.2) is 45.8 Å². The van der Waals surface area contributed by atoms with Gasteiger partial charge in [-0.05, 0) is 98.4 Å². The number of rotatable bonds is 6. The molecule has 5 atom stereocenters. The first-order chi connectivity index (χ1) is 24.2. The van der Waals surface area contributed by atoms with E-state index in [9.17, 15) is 32.4 Å². The van der Waals surface area contributed by atoms with Gasteiger partial charge < -0.3 is 24.4 Å². The zero-order chi connectivity index (χ0) is 38.6. The molecule has 0 unspecified atom stereocenters. The van der Waals surface area contributed by atoms with Gasteiger partial charge in [0.25, 0.3) is 16.0 Å². The van der Waals surface area contributed by atoms with Crippen LogP contribution in [0.3, 0.4) is 0 Å². The highest BCUT2D eigenvalue weighted by molar-refractivity contribution is 9.10. The average molecular weight is 813 g/mol. The molecule has 1 aliphatic carbocycles. The summed E-state index contributed by atoms with van der Waals surface area (Å²) in [5, 5.41) is 2.64. The van der Waals surface area contributed by atoms with Gasteiger partial charge in [-0.2, -0.15) is 8.42 Å². The third kappa shape index (κ3) is 10.1. The van der Waals surface area contributed by atoms with Gasteiger partial charge in [0.15, 0.2) is 5.54 Å². The lowest BCUT2D eigenvalue weighted by atomic mass is 10.0. The summed E-state index contributed by atoms with van der Waals surface area (Å²) in [6, 6.07) is 3.09. The van der Waals surface area contributed by atoms with Gasteiger partial charge in [0, 0.05) is 23.4 Å². The maximum absolute atomic E-state index is 14.9. The lowest BCUT2D eigenvalue weighted by Crippen LogP contribution is -2.60. The number of carbonyl (C=O) groups is 5. The number of hydrogen-bond donors (Lipinski definition) is 1. The number of esters is 1. The molecule has 4 rings (SSSR count). The molecule has 4 amide bonds. The van der Waals surface area contributed by atoms with Gasteiger partial charge in [0.1, 0.15) is 23.3 Å². The first-order valence-corrected chi connectivity index (χ1v) is 19.8. The maximum atomic E-state index is 14.9. The number of ether oxygens (including phenoxy) is 3. The molecule has 1 aromatic rings. The van der Waals surface area contributed by atoms with Crippen LogP contribution in [-0.4, -0.2) is 96.3 Å². The van der Waals surface area contributed by atoms with Gasteiger partial charge in [0.05, 0.1) is 17.6 Å². The predicted molar refractivity (Wildman–Crippen MR) is 192 cm³/mol. The van der Waals surface area contributed by atoms with Gasteiger partial charge in [0.2, 0.25) is 5.91 Å². The maximum Gasteiger partial charge on any atom is 0.418 e. The second-order valence-corrected chi connectivity index (χ2v) is 17.7. The van der Waals surface area contributed by atoms with Gasteiger partial charge in [-0.1, -0.05) is 40.9 Å². The number of amides is 4. The van der Waals surface area contributed by atoms with E-state index in [1.54, 1.807) is 54.5 Å². The quantitative estimate of drug-likeness (QED) is 0.163. The fourth-order valence-electron chi connectivity index (χ4n) is 6.38. The molecule has 3 aliphatic rings. The molecule has 2 fully saturated rings. The highest BCUT2D eigenvalue weighted by Crippen LogP contribution is 2.52. The normalized spacial score (nSPS) is 26.6. The molecule has 0 bridgehead atoms. The first kappa shape index (κ1) is 41.3. The minimum atomic E-state index is -4.39. The Hall–Kier alpha value is -3.50. The number of allylic oxidation sites excluding steroid dienone is 1. The van der Waals surface area contributed by atoms with Crippen LogP contribution < -0.4 is 5.32 Å². The number of imide groups is 1. The van der Waals surface area contributed by atoms with Crippen molar-refractivity contribution in [3.8, 4) is 0 Å². The highest BCUT2D eigenvalue weighted by atomic mass is 79.9. The minimum Gasteiger partial charge on any atom is -0.464 e. The van der Waals surface area contributed by atoms with Crippen LogP contribution in [0, 0.1) is 5.92 Å². The molecule has 2 aliphatic heterocycles. The molecule has 16 heteroatoms. The molecule has 1 saturated heterocycles. The number of hydrogen-bond acceptors (Lipinski definition) is 11.